The quantitative estimate of drug-likeness (QED) is 0.469. The number of nitrogens with zero attached hydrogens (tertiary/aromatic N) is 3. The van der Waals surface area contributed by atoms with Crippen molar-refractivity contribution < 1.29 is 9.31 Å². The second-order valence-electron chi connectivity index (χ2n) is 7.15. The maximum atomic E-state index is 13.2. The van der Waals surface area contributed by atoms with Crippen LogP contribution >= 0.6 is 0 Å². The van der Waals surface area contributed by atoms with Crippen molar-refractivity contribution in [3.8, 4) is 0 Å². The molecule has 0 aliphatic heterocycles. The minimum Gasteiger partial charge on any atom is -0.364 e. The Bertz CT molecular complexity index is 811. The Hall–Kier alpha value is -2.81. The van der Waals surface area contributed by atoms with E-state index in [1.54, 1.807) is 6.07 Å². The monoisotopic (exact) mass is 388 g/mol. The Labute approximate surface area is 162 Å². The number of benzene rings is 1. The van der Waals surface area contributed by atoms with Crippen molar-refractivity contribution in [3.63, 3.8) is 0 Å². The molecule has 0 bridgehead atoms. The fourth-order valence-electron chi connectivity index (χ4n) is 3.37. The molecule has 0 radical (unpaired) electrons. The van der Waals surface area contributed by atoms with Crippen LogP contribution in [0, 0.1) is 21.8 Å². The van der Waals surface area contributed by atoms with Crippen LogP contribution in [0.5, 0.6) is 0 Å². The maximum Gasteiger partial charge on any atom is 0.329 e. The normalized spacial score (nSPS) is 19.2. The molecule has 8 nitrogen and oxygen atoms in total. The van der Waals surface area contributed by atoms with Gasteiger partial charge in [0, 0.05) is 19.1 Å². The number of hydrogen-bond acceptors (Lipinski definition) is 7. The zero-order valence-electron chi connectivity index (χ0n) is 15.6. The lowest BCUT2D eigenvalue weighted by Crippen LogP contribution is -2.29. The van der Waals surface area contributed by atoms with Crippen LogP contribution in [0.15, 0.2) is 30.5 Å². The number of nitro groups is 1. The third-order valence-corrected chi connectivity index (χ3v) is 5.00. The molecular formula is C19H25FN6O2. The molecule has 0 spiro atoms. The van der Waals surface area contributed by atoms with E-state index in [0.717, 1.165) is 31.2 Å². The molecule has 4 N–H and O–H groups in total. The van der Waals surface area contributed by atoms with Crippen molar-refractivity contribution in [1.29, 1.82) is 0 Å². The topological polar surface area (TPSA) is 119 Å². The van der Waals surface area contributed by atoms with Gasteiger partial charge in [0.1, 0.15) is 12.0 Å². The largest absolute Gasteiger partial charge is 0.364 e. The maximum absolute atomic E-state index is 13.2. The van der Waals surface area contributed by atoms with Crippen LogP contribution in [-0.2, 0) is 6.42 Å². The average molecular weight is 388 g/mol. The predicted octanol–water partition coefficient (Wildman–Crippen LogP) is 3.11. The fourth-order valence-corrected chi connectivity index (χ4v) is 3.37. The van der Waals surface area contributed by atoms with Crippen molar-refractivity contribution in [2.24, 2.45) is 11.7 Å². The van der Waals surface area contributed by atoms with Gasteiger partial charge in [-0.3, -0.25) is 10.1 Å². The van der Waals surface area contributed by atoms with E-state index in [-0.39, 0.29) is 23.4 Å². The number of anilines is 2. The van der Waals surface area contributed by atoms with Gasteiger partial charge in [0.15, 0.2) is 0 Å². The van der Waals surface area contributed by atoms with Gasteiger partial charge in [-0.1, -0.05) is 12.1 Å². The van der Waals surface area contributed by atoms with Crippen LogP contribution in [0.1, 0.15) is 31.2 Å². The van der Waals surface area contributed by atoms with Gasteiger partial charge in [-0.05, 0) is 55.7 Å². The summed E-state index contributed by atoms with van der Waals surface area (Å²) in [6.45, 7) is 1.11. The summed E-state index contributed by atoms with van der Waals surface area (Å²) in [4.78, 5) is 19.1. The molecule has 150 valence electrons. The first-order valence-electron chi connectivity index (χ1n) is 9.50. The summed E-state index contributed by atoms with van der Waals surface area (Å²) in [5, 5.41) is 17.4. The van der Waals surface area contributed by atoms with Gasteiger partial charge in [-0.25, -0.2) is 9.37 Å². The molecule has 2 aromatic rings. The molecule has 1 aliphatic rings. The molecule has 1 heterocycles. The molecule has 28 heavy (non-hydrogen) atoms. The van der Waals surface area contributed by atoms with Crippen molar-refractivity contribution in [3.05, 3.63) is 52.0 Å². The number of aromatic nitrogens is 2. The van der Waals surface area contributed by atoms with Gasteiger partial charge < -0.3 is 16.4 Å². The average Bonchev–Trinajstić information content (AvgIpc) is 2.67. The third kappa shape index (κ3) is 5.59. The molecule has 0 atom stereocenters. The third-order valence-electron chi connectivity index (χ3n) is 5.00. The molecule has 1 aromatic heterocycles. The Balaban J connectivity index is 1.59. The highest BCUT2D eigenvalue weighted by molar-refractivity contribution is 5.57. The molecule has 9 heteroatoms. The lowest BCUT2D eigenvalue weighted by Gasteiger charge is -2.26. The molecule has 1 fully saturated rings. The van der Waals surface area contributed by atoms with Crippen molar-refractivity contribution in [2.75, 3.05) is 23.7 Å². The van der Waals surface area contributed by atoms with Crippen LogP contribution in [-0.4, -0.2) is 34.0 Å². The minimum atomic E-state index is -0.490. The van der Waals surface area contributed by atoms with Crippen LogP contribution in [0.4, 0.5) is 21.8 Å². The smallest absolute Gasteiger partial charge is 0.329 e. The summed E-state index contributed by atoms with van der Waals surface area (Å²) in [6, 6.07) is 6.63. The van der Waals surface area contributed by atoms with Crippen LogP contribution in [0.2, 0.25) is 0 Å². The predicted molar refractivity (Wildman–Crippen MR) is 106 cm³/mol. The molecule has 0 saturated heterocycles. The molecule has 1 aliphatic carbocycles. The summed E-state index contributed by atoms with van der Waals surface area (Å²) in [5.41, 5.74) is 6.63. The van der Waals surface area contributed by atoms with Crippen molar-refractivity contribution in [1.82, 2.24) is 9.97 Å². The number of rotatable bonds is 8. The Morgan fingerprint density at radius 1 is 1.25 bits per heavy atom. The number of nitrogens with one attached hydrogen (secondary N) is 2. The van der Waals surface area contributed by atoms with Gasteiger partial charge in [0.05, 0.1) is 4.92 Å². The highest BCUT2D eigenvalue weighted by Gasteiger charge is 2.21. The number of hydrogen-bond donors (Lipinski definition) is 3. The lowest BCUT2D eigenvalue weighted by atomic mass is 9.86. The molecule has 0 amide bonds. The molecule has 0 unspecified atom stereocenters. The first-order valence-corrected chi connectivity index (χ1v) is 9.50. The van der Waals surface area contributed by atoms with E-state index in [1.165, 1.54) is 18.3 Å². The number of halogens is 1. The van der Waals surface area contributed by atoms with E-state index < -0.39 is 4.92 Å². The molecular weight excluding hydrogens is 363 g/mol. The van der Waals surface area contributed by atoms with Gasteiger partial charge >= 0.3 is 5.69 Å². The van der Waals surface area contributed by atoms with Gasteiger partial charge in [0.25, 0.3) is 0 Å². The van der Waals surface area contributed by atoms with Crippen LogP contribution in [0.25, 0.3) is 0 Å². The Morgan fingerprint density at radius 2 is 2.04 bits per heavy atom. The first kappa shape index (κ1) is 19.9. The second kappa shape index (κ2) is 9.41. The van der Waals surface area contributed by atoms with E-state index in [0.29, 0.717) is 31.4 Å². The van der Waals surface area contributed by atoms with Crippen LogP contribution < -0.4 is 16.4 Å². The van der Waals surface area contributed by atoms with E-state index >= 15 is 0 Å². The van der Waals surface area contributed by atoms with Gasteiger partial charge in [-0.2, -0.15) is 4.98 Å². The Morgan fingerprint density at radius 3 is 2.75 bits per heavy atom. The lowest BCUT2D eigenvalue weighted by molar-refractivity contribution is -0.384. The summed E-state index contributed by atoms with van der Waals surface area (Å²) < 4.78 is 13.2. The highest BCUT2D eigenvalue weighted by Crippen LogP contribution is 2.26. The van der Waals surface area contributed by atoms with E-state index in [2.05, 4.69) is 20.6 Å². The molecule has 3 rings (SSSR count). The summed E-state index contributed by atoms with van der Waals surface area (Å²) >= 11 is 0. The summed E-state index contributed by atoms with van der Waals surface area (Å²) in [7, 11) is 0. The van der Waals surface area contributed by atoms with Crippen molar-refractivity contribution >= 4 is 17.5 Å². The van der Waals surface area contributed by atoms with Crippen LogP contribution in [0.3, 0.4) is 0 Å². The van der Waals surface area contributed by atoms with E-state index in [9.17, 15) is 14.5 Å². The van der Waals surface area contributed by atoms with Gasteiger partial charge in [0.2, 0.25) is 11.8 Å². The molecule has 1 saturated carbocycles. The van der Waals surface area contributed by atoms with E-state index in [1.807, 2.05) is 6.07 Å². The van der Waals surface area contributed by atoms with Crippen molar-refractivity contribution in [2.45, 2.75) is 38.1 Å². The van der Waals surface area contributed by atoms with Gasteiger partial charge in [-0.15, -0.1) is 0 Å². The Kier molecular flexibility index (Phi) is 6.70. The minimum absolute atomic E-state index is 0.150. The first-order chi connectivity index (χ1) is 13.5. The zero-order chi connectivity index (χ0) is 19.9. The standard InChI is InChI=1S/C19H25FN6O2/c20-15-3-1-2-13(10-15)8-9-22-19-24-12-17(26(27)28)18(25-19)23-11-14-4-6-16(21)7-5-14/h1-3,10,12,14,16H,4-9,11,21H2,(H2,22,23,24,25)/t14-,16-. The zero-order valence-corrected chi connectivity index (χ0v) is 15.6. The second-order valence-corrected chi connectivity index (χ2v) is 7.15. The number of nitrogens with two attached hydrogens (primary N) is 1. The fraction of sp³-hybridized carbons (Fsp3) is 0.474. The highest BCUT2D eigenvalue weighted by atomic mass is 19.1. The summed E-state index contributed by atoms with van der Waals surface area (Å²) in [6.07, 6.45) is 5.76. The van der Waals surface area contributed by atoms with E-state index in [4.69, 9.17) is 5.73 Å². The SMILES string of the molecule is N[C@H]1CC[C@H](CNc2nc(NCCc3cccc(F)c3)ncc2[N+](=O)[O-])CC1. The summed E-state index contributed by atoms with van der Waals surface area (Å²) in [5.74, 6) is 0.663. The molecule has 1 aromatic carbocycles.